The molecule has 13 heteroatoms. The van der Waals surface area contributed by atoms with Crippen molar-refractivity contribution >= 4 is 32.4 Å². The minimum atomic E-state index is -4.83. The van der Waals surface area contributed by atoms with Crippen LogP contribution in [0.3, 0.4) is 0 Å². The molecule has 264 valence electrons. The van der Waals surface area contributed by atoms with E-state index in [1.54, 1.807) is 30.3 Å². The van der Waals surface area contributed by atoms with Crippen LogP contribution in [0.4, 0.5) is 0 Å². The summed E-state index contributed by atoms with van der Waals surface area (Å²) in [5, 5.41) is 45.8. The standard InChI is InChI=1S/C38H35NO10S2/c1-22(2)39-10-8-23(9-11-39)6-7-24-12-27-14-25-4-3-5-26(35(25)40)15-29-18-33(50(44,45)46)20-31(37(29)42)17-32-21-34(51(47,48)49)19-30(38(32)43)16-28(13-24)36(27)41/h3-13,18-22H,14-17H2,1-2H3,(H5,40,42,43,44,45,46,47,48,49)/p+1. The van der Waals surface area contributed by atoms with Crippen molar-refractivity contribution < 1.29 is 50.9 Å². The summed E-state index contributed by atoms with van der Waals surface area (Å²) in [7, 11) is -9.63. The monoisotopic (exact) mass is 730 g/mol. The van der Waals surface area contributed by atoms with Crippen LogP contribution in [-0.4, -0.2) is 46.4 Å². The molecule has 6 N–H and O–H groups in total. The normalized spacial score (nSPS) is 13.5. The van der Waals surface area contributed by atoms with Gasteiger partial charge < -0.3 is 20.4 Å². The number of nitrogens with zero attached hydrogens (tertiary/aromatic N) is 1. The lowest BCUT2D eigenvalue weighted by Crippen LogP contribution is -2.34. The fourth-order valence-corrected chi connectivity index (χ4v) is 7.46. The fraction of sp³-hybridized carbons (Fsp3) is 0.184. The number of aromatic hydroxyl groups is 4. The molecule has 8 bridgehead atoms. The number of benzene rings is 4. The van der Waals surface area contributed by atoms with Gasteiger partial charge in [-0.2, -0.15) is 16.8 Å². The van der Waals surface area contributed by atoms with E-state index in [1.165, 1.54) is 0 Å². The molecule has 0 spiro atoms. The summed E-state index contributed by atoms with van der Waals surface area (Å²) in [6, 6.07) is 16.7. The Kier molecular flexibility index (Phi) is 9.42. The quantitative estimate of drug-likeness (QED) is 0.0944. The van der Waals surface area contributed by atoms with Crippen LogP contribution in [0.1, 0.15) is 75.5 Å². The van der Waals surface area contributed by atoms with Gasteiger partial charge in [-0.05, 0) is 83.6 Å². The Morgan fingerprint density at radius 2 is 0.863 bits per heavy atom. The predicted molar refractivity (Wildman–Crippen MR) is 189 cm³/mol. The van der Waals surface area contributed by atoms with Crippen LogP contribution in [0.25, 0.3) is 12.2 Å². The maximum atomic E-state index is 12.4. The van der Waals surface area contributed by atoms with Gasteiger partial charge in [-0.25, -0.2) is 4.57 Å². The average molecular weight is 731 g/mol. The number of pyridine rings is 1. The molecular formula is C38H36NO10S2+. The summed E-state index contributed by atoms with van der Waals surface area (Å²) in [5.74, 6) is -1.12. The first-order valence-electron chi connectivity index (χ1n) is 16.0. The molecular weight excluding hydrogens is 695 g/mol. The summed E-state index contributed by atoms with van der Waals surface area (Å²) in [5.41, 5.74) is 2.84. The van der Waals surface area contributed by atoms with Crippen molar-refractivity contribution in [2.24, 2.45) is 0 Å². The molecule has 1 aliphatic carbocycles. The highest BCUT2D eigenvalue weighted by molar-refractivity contribution is 7.86. The molecule has 0 unspecified atom stereocenters. The van der Waals surface area contributed by atoms with Gasteiger partial charge in [0.2, 0.25) is 0 Å². The highest BCUT2D eigenvalue weighted by atomic mass is 32.2. The van der Waals surface area contributed by atoms with Gasteiger partial charge in [0.1, 0.15) is 23.0 Å². The first-order chi connectivity index (χ1) is 24.0. The molecule has 0 fully saturated rings. The molecule has 0 saturated carbocycles. The average Bonchev–Trinajstić information content (AvgIpc) is 3.05. The van der Waals surface area contributed by atoms with Crippen LogP contribution in [0, 0.1) is 0 Å². The lowest BCUT2D eigenvalue weighted by Gasteiger charge is -2.18. The first-order valence-corrected chi connectivity index (χ1v) is 18.8. The highest BCUT2D eigenvalue weighted by Crippen LogP contribution is 2.39. The van der Waals surface area contributed by atoms with E-state index in [-0.39, 0.29) is 59.1 Å². The third kappa shape index (κ3) is 7.61. The SMILES string of the molecule is CC(C)[n+]1ccc(/C=C/c2cc3c(O)c(c2)Cc2cc(S(=O)(=O)O)cc(c2O)Cc2cc(S(=O)(=O)O)cc(c2O)Cc2cccc(c2O)C3)cc1. The van der Waals surface area contributed by atoms with Crippen LogP contribution >= 0.6 is 0 Å². The smallest absolute Gasteiger partial charge is 0.294 e. The van der Waals surface area contributed by atoms with Crippen molar-refractivity contribution in [2.45, 2.75) is 55.4 Å². The van der Waals surface area contributed by atoms with Crippen LogP contribution in [0.5, 0.6) is 23.0 Å². The van der Waals surface area contributed by atoms with Crippen molar-refractivity contribution in [3.63, 3.8) is 0 Å². The van der Waals surface area contributed by atoms with E-state index in [0.717, 1.165) is 29.8 Å². The zero-order valence-corrected chi connectivity index (χ0v) is 29.3. The molecule has 0 aliphatic heterocycles. The molecule has 0 saturated heterocycles. The minimum Gasteiger partial charge on any atom is -0.507 e. The summed E-state index contributed by atoms with van der Waals surface area (Å²) in [6.07, 6.45) is 6.88. The van der Waals surface area contributed by atoms with Gasteiger partial charge in [-0.1, -0.05) is 30.4 Å². The Labute approximate surface area is 295 Å². The van der Waals surface area contributed by atoms with E-state index in [2.05, 4.69) is 18.4 Å². The molecule has 1 heterocycles. The Hall–Kier alpha value is -5.21. The van der Waals surface area contributed by atoms with Gasteiger partial charge in [0, 0.05) is 60.1 Å². The van der Waals surface area contributed by atoms with Crippen molar-refractivity contribution in [3.05, 3.63) is 135 Å². The second-order valence-corrected chi connectivity index (χ2v) is 15.8. The molecule has 1 aliphatic rings. The second-order valence-electron chi connectivity index (χ2n) is 13.0. The third-order valence-corrected chi connectivity index (χ3v) is 10.7. The molecule has 5 aromatic rings. The molecule has 11 nitrogen and oxygen atoms in total. The van der Waals surface area contributed by atoms with Crippen LogP contribution < -0.4 is 4.57 Å². The molecule has 6 rings (SSSR count). The lowest BCUT2D eigenvalue weighted by molar-refractivity contribution is -0.716. The predicted octanol–water partition coefficient (Wildman–Crippen LogP) is 5.72. The third-order valence-electron chi connectivity index (χ3n) is 9.04. The molecule has 0 radical (unpaired) electrons. The summed E-state index contributed by atoms with van der Waals surface area (Å²) in [4.78, 5) is -1.14. The largest absolute Gasteiger partial charge is 0.507 e. The van der Waals surface area contributed by atoms with Crippen LogP contribution in [0.2, 0.25) is 0 Å². The first kappa shape index (κ1) is 35.6. The minimum absolute atomic E-state index is 0.00592. The number of hydrogen-bond donors (Lipinski definition) is 6. The van der Waals surface area contributed by atoms with E-state index < -0.39 is 47.9 Å². The fourth-order valence-electron chi connectivity index (χ4n) is 6.29. The van der Waals surface area contributed by atoms with E-state index in [4.69, 9.17) is 0 Å². The van der Waals surface area contributed by atoms with Crippen molar-refractivity contribution in [2.75, 3.05) is 0 Å². The van der Waals surface area contributed by atoms with Gasteiger partial charge in [0.05, 0.1) is 9.79 Å². The number of rotatable bonds is 5. The van der Waals surface area contributed by atoms with E-state index in [1.807, 2.05) is 36.7 Å². The number of para-hydroxylation sites is 1. The van der Waals surface area contributed by atoms with E-state index in [9.17, 15) is 46.4 Å². The molecule has 51 heavy (non-hydrogen) atoms. The maximum absolute atomic E-state index is 12.4. The second kappa shape index (κ2) is 13.5. The number of aromatic nitrogens is 1. The zero-order chi connectivity index (χ0) is 36.8. The highest BCUT2D eigenvalue weighted by Gasteiger charge is 2.24. The van der Waals surface area contributed by atoms with Gasteiger partial charge in [-0.15, -0.1) is 0 Å². The summed E-state index contributed by atoms with van der Waals surface area (Å²) < 4.78 is 71.4. The molecule has 1 aromatic heterocycles. The zero-order valence-electron chi connectivity index (χ0n) is 27.6. The van der Waals surface area contributed by atoms with Gasteiger partial charge in [0.15, 0.2) is 18.4 Å². The lowest BCUT2D eigenvalue weighted by atomic mass is 9.90. The number of hydrogen-bond acceptors (Lipinski definition) is 8. The molecule has 0 amide bonds. The Balaban J connectivity index is 1.58. The topological polar surface area (TPSA) is 194 Å². The van der Waals surface area contributed by atoms with Crippen molar-refractivity contribution in [1.29, 1.82) is 0 Å². The Morgan fingerprint density at radius 1 is 0.529 bits per heavy atom. The molecule has 4 aromatic carbocycles. The van der Waals surface area contributed by atoms with Gasteiger partial charge >= 0.3 is 0 Å². The summed E-state index contributed by atoms with van der Waals surface area (Å²) >= 11 is 0. The van der Waals surface area contributed by atoms with Crippen molar-refractivity contribution in [1.82, 2.24) is 0 Å². The van der Waals surface area contributed by atoms with Crippen LogP contribution in [0.15, 0.2) is 88.9 Å². The van der Waals surface area contributed by atoms with Gasteiger partial charge in [-0.3, -0.25) is 9.11 Å². The van der Waals surface area contributed by atoms with Crippen molar-refractivity contribution in [3.8, 4) is 23.0 Å². The Morgan fingerprint density at radius 3 is 1.24 bits per heavy atom. The van der Waals surface area contributed by atoms with Gasteiger partial charge in [0.25, 0.3) is 20.2 Å². The summed E-state index contributed by atoms with van der Waals surface area (Å²) in [6.45, 7) is 4.14. The maximum Gasteiger partial charge on any atom is 0.294 e. The van der Waals surface area contributed by atoms with Crippen LogP contribution in [-0.2, 0) is 45.9 Å². The Bertz CT molecular complexity index is 2440. The van der Waals surface area contributed by atoms with E-state index >= 15 is 0 Å². The number of phenols is 4. The van der Waals surface area contributed by atoms with E-state index in [0.29, 0.717) is 27.8 Å². The number of phenolic OH excluding ortho intramolecular Hbond substituents is 4. The number of fused-ring (bicyclic) bond motifs is 8. The molecule has 0 atom stereocenters.